The summed E-state index contributed by atoms with van der Waals surface area (Å²) >= 11 is 7.75. The number of hydrogen-bond donors (Lipinski definition) is 1. The number of carboxylic acid groups (broad SMARTS) is 1. The molecular weight excluding hydrogens is 272 g/mol. The van der Waals surface area contributed by atoms with Gasteiger partial charge in [-0.25, -0.2) is 9.78 Å². The fourth-order valence-electron chi connectivity index (χ4n) is 2.09. The Kier molecular flexibility index (Phi) is 4.35. The summed E-state index contributed by atoms with van der Waals surface area (Å²) in [5, 5.41) is 9.93. The Hall–Kier alpha value is -0.940. The SMILES string of the molecule is CSC1CCN(c2cc(C(=O)O)cc(Cl)n2)CC1. The number of aromatic carboxylic acids is 1. The largest absolute Gasteiger partial charge is 0.478 e. The van der Waals surface area contributed by atoms with E-state index in [0.717, 1.165) is 25.9 Å². The number of carboxylic acids is 1. The molecule has 0 bridgehead atoms. The average molecular weight is 287 g/mol. The maximum absolute atomic E-state index is 11.0. The minimum Gasteiger partial charge on any atom is -0.478 e. The molecule has 98 valence electrons. The van der Waals surface area contributed by atoms with E-state index in [1.807, 2.05) is 11.8 Å². The number of pyridine rings is 1. The molecule has 1 aromatic heterocycles. The van der Waals surface area contributed by atoms with Gasteiger partial charge in [-0.2, -0.15) is 11.8 Å². The Labute approximate surface area is 115 Å². The Morgan fingerprint density at radius 1 is 1.50 bits per heavy atom. The van der Waals surface area contributed by atoms with Crippen molar-refractivity contribution in [2.24, 2.45) is 0 Å². The minimum atomic E-state index is -0.973. The van der Waals surface area contributed by atoms with Crippen molar-refractivity contribution in [3.8, 4) is 0 Å². The van der Waals surface area contributed by atoms with Gasteiger partial charge < -0.3 is 10.0 Å². The summed E-state index contributed by atoms with van der Waals surface area (Å²) < 4.78 is 0. The van der Waals surface area contributed by atoms with Gasteiger partial charge in [0.15, 0.2) is 0 Å². The zero-order chi connectivity index (χ0) is 13.1. The maximum atomic E-state index is 11.0. The molecule has 0 amide bonds. The van der Waals surface area contributed by atoms with Gasteiger partial charge in [0.2, 0.25) is 0 Å². The molecule has 0 aliphatic carbocycles. The summed E-state index contributed by atoms with van der Waals surface area (Å²) in [7, 11) is 0. The quantitative estimate of drug-likeness (QED) is 0.866. The lowest BCUT2D eigenvalue weighted by Gasteiger charge is -2.32. The average Bonchev–Trinajstić information content (AvgIpc) is 2.38. The third-order valence-electron chi connectivity index (χ3n) is 3.13. The van der Waals surface area contributed by atoms with Gasteiger partial charge in [0.05, 0.1) is 5.56 Å². The normalized spacial score (nSPS) is 16.9. The third-order valence-corrected chi connectivity index (χ3v) is 4.46. The highest BCUT2D eigenvalue weighted by atomic mass is 35.5. The molecule has 1 fully saturated rings. The highest BCUT2D eigenvalue weighted by Crippen LogP contribution is 2.26. The lowest BCUT2D eigenvalue weighted by Crippen LogP contribution is -2.35. The van der Waals surface area contributed by atoms with Crippen LogP contribution in [0.5, 0.6) is 0 Å². The molecule has 0 aromatic carbocycles. The van der Waals surface area contributed by atoms with E-state index in [-0.39, 0.29) is 10.7 Å². The molecule has 2 heterocycles. The van der Waals surface area contributed by atoms with Crippen molar-refractivity contribution < 1.29 is 9.90 Å². The summed E-state index contributed by atoms with van der Waals surface area (Å²) in [5.41, 5.74) is 0.192. The lowest BCUT2D eigenvalue weighted by molar-refractivity contribution is 0.0697. The summed E-state index contributed by atoms with van der Waals surface area (Å²) in [4.78, 5) is 17.3. The second-order valence-electron chi connectivity index (χ2n) is 4.26. The van der Waals surface area contributed by atoms with Crippen LogP contribution in [0.2, 0.25) is 5.15 Å². The number of nitrogens with zero attached hydrogens (tertiary/aromatic N) is 2. The first-order valence-electron chi connectivity index (χ1n) is 5.79. The van der Waals surface area contributed by atoms with E-state index in [9.17, 15) is 4.79 Å². The summed E-state index contributed by atoms with van der Waals surface area (Å²) in [6.45, 7) is 1.80. The van der Waals surface area contributed by atoms with Gasteiger partial charge in [0.1, 0.15) is 11.0 Å². The second-order valence-corrected chi connectivity index (χ2v) is 5.79. The molecule has 1 saturated heterocycles. The van der Waals surface area contributed by atoms with Crippen LogP contribution in [0.1, 0.15) is 23.2 Å². The van der Waals surface area contributed by atoms with Crippen LogP contribution in [0.25, 0.3) is 0 Å². The van der Waals surface area contributed by atoms with Crippen molar-refractivity contribution in [3.63, 3.8) is 0 Å². The number of halogens is 1. The fraction of sp³-hybridized carbons (Fsp3) is 0.500. The molecular formula is C12H15ClN2O2S. The van der Waals surface area contributed by atoms with Crippen LogP contribution in [0.3, 0.4) is 0 Å². The molecule has 4 nitrogen and oxygen atoms in total. The lowest BCUT2D eigenvalue weighted by atomic mass is 10.1. The minimum absolute atomic E-state index is 0.192. The molecule has 18 heavy (non-hydrogen) atoms. The van der Waals surface area contributed by atoms with Crippen LogP contribution in [-0.2, 0) is 0 Å². The van der Waals surface area contributed by atoms with E-state index >= 15 is 0 Å². The van der Waals surface area contributed by atoms with Crippen molar-refractivity contribution in [2.45, 2.75) is 18.1 Å². The number of carbonyl (C=O) groups is 1. The van der Waals surface area contributed by atoms with Gasteiger partial charge in [0, 0.05) is 18.3 Å². The van der Waals surface area contributed by atoms with Crippen LogP contribution in [0, 0.1) is 0 Å². The van der Waals surface area contributed by atoms with Gasteiger partial charge in [-0.3, -0.25) is 0 Å². The van der Waals surface area contributed by atoms with Crippen molar-refractivity contribution in [1.29, 1.82) is 0 Å². The van der Waals surface area contributed by atoms with E-state index in [4.69, 9.17) is 16.7 Å². The zero-order valence-electron chi connectivity index (χ0n) is 10.1. The van der Waals surface area contributed by atoms with E-state index in [2.05, 4.69) is 16.1 Å². The fourth-order valence-corrected chi connectivity index (χ4v) is 2.98. The first kappa shape index (κ1) is 13.5. The van der Waals surface area contributed by atoms with Crippen molar-refractivity contribution in [1.82, 2.24) is 4.98 Å². The first-order valence-corrected chi connectivity index (χ1v) is 7.45. The Morgan fingerprint density at radius 3 is 2.72 bits per heavy atom. The Balaban J connectivity index is 2.16. The Morgan fingerprint density at radius 2 is 2.17 bits per heavy atom. The molecule has 1 aromatic rings. The molecule has 0 radical (unpaired) electrons. The van der Waals surface area contributed by atoms with Gasteiger partial charge >= 0.3 is 5.97 Å². The molecule has 1 aliphatic heterocycles. The molecule has 0 spiro atoms. The second kappa shape index (κ2) is 5.80. The topological polar surface area (TPSA) is 53.4 Å². The van der Waals surface area contributed by atoms with Crippen LogP contribution >= 0.6 is 23.4 Å². The first-order chi connectivity index (χ1) is 8.60. The maximum Gasteiger partial charge on any atom is 0.335 e. The number of rotatable bonds is 3. The van der Waals surface area contributed by atoms with Crippen molar-refractivity contribution in [2.75, 3.05) is 24.2 Å². The summed E-state index contributed by atoms with van der Waals surface area (Å²) in [6, 6.07) is 2.97. The number of thioether (sulfide) groups is 1. The van der Waals surface area contributed by atoms with Crippen LogP contribution < -0.4 is 4.90 Å². The van der Waals surface area contributed by atoms with Crippen LogP contribution in [0.15, 0.2) is 12.1 Å². The standard InChI is InChI=1S/C12H15ClN2O2S/c1-18-9-2-4-15(5-3-9)11-7-8(12(16)17)6-10(13)14-11/h6-7,9H,2-5H2,1H3,(H,16,17). The molecule has 2 rings (SSSR count). The molecule has 0 unspecified atom stereocenters. The predicted octanol–water partition coefficient (Wildman–Crippen LogP) is 2.77. The molecule has 1 aliphatic rings. The number of hydrogen-bond acceptors (Lipinski definition) is 4. The highest BCUT2D eigenvalue weighted by molar-refractivity contribution is 7.99. The van der Waals surface area contributed by atoms with Crippen LogP contribution in [-0.4, -0.2) is 40.7 Å². The van der Waals surface area contributed by atoms with E-state index in [1.54, 1.807) is 6.07 Å². The number of aromatic nitrogens is 1. The van der Waals surface area contributed by atoms with Crippen LogP contribution in [0.4, 0.5) is 5.82 Å². The molecule has 0 atom stereocenters. The molecule has 6 heteroatoms. The van der Waals surface area contributed by atoms with Gasteiger partial charge in [0.25, 0.3) is 0 Å². The zero-order valence-corrected chi connectivity index (χ0v) is 11.7. The smallest absolute Gasteiger partial charge is 0.335 e. The van der Waals surface area contributed by atoms with Gasteiger partial charge in [-0.15, -0.1) is 0 Å². The summed E-state index contributed by atoms with van der Waals surface area (Å²) in [5.74, 6) is -0.306. The Bertz CT molecular complexity index is 448. The number of piperidine rings is 1. The summed E-state index contributed by atoms with van der Waals surface area (Å²) in [6.07, 6.45) is 4.32. The van der Waals surface area contributed by atoms with E-state index in [0.29, 0.717) is 11.1 Å². The monoisotopic (exact) mass is 286 g/mol. The van der Waals surface area contributed by atoms with E-state index < -0.39 is 5.97 Å². The highest BCUT2D eigenvalue weighted by Gasteiger charge is 2.20. The molecule has 0 saturated carbocycles. The number of anilines is 1. The van der Waals surface area contributed by atoms with Gasteiger partial charge in [-0.1, -0.05) is 11.6 Å². The van der Waals surface area contributed by atoms with E-state index in [1.165, 1.54) is 6.07 Å². The third kappa shape index (κ3) is 3.09. The van der Waals surface area contributed by atoms with Crippen molar-refractivity contribution in [3.05, 3.63) is 22.8 Å². The van der Waals surface area contributed by atoms with Gasteiger partial charge in [-0.05, 0) is 31.2 Å². The van der Waals surface area contributed by atoms with Crippen molar-refractivity contribution >= 4 is 35.1 Å². The molecule has 1 N–H and O–H groups in total. The predicted molar refractivity (Wildman–Crippen MR) is 75.0 cm³/mol.